The van der Waals surface area contributed by atoms with Gasteiger partial charge in [0.2, 0.25) is 19.7 Å². The quantitative estimate of drug-likeness (QED) is 0.232. The molecule has 0 amide bonds. The molecule has 216 valence electrons. The SMILES string of the molecule is CS(=O)(=O)Oc1ccc(S(=O)(=O)c2ccc(Oc3cccc(S(=O)(=O)c4ccc(OS(C)(=O)=O)cc4)c3)cc2)cc1. The van der Waals surface area contributed by atoms with E-state index in [9.17, 15) is 33.7 Å². The third kappa shape index (κ3) is 7.64. The zero-order valence-corrected chi connectivity index (χ0v) is 24.6. The first-order chi connectivity index (χ1) is 19.0. The molecule has 0 atom stereocenters. The van der Waals surface area contributed by atoms with E-state index < -0.39 is 39.9 Å². The van der Waals surface area contributed by atoms with E-state index in [1.165, 1.54) is 97.1 Å². The fourth-order valence-electron chi connectivity index (χ4n) is 3.50. The summed E-state index contributed by atoms with van der Waals surface area (Å²) in [7, 11) is -15.5. The number of benzene rings is 4. The van der Waals surface area contributed by atoms with Crippen LogP contribution in [0.3, 0.4) is 0 Å². The minimum absolute atomic E-state index is 0.0302. The van der Waals surface area contributed by atoms with E-state index in [2.05, 4.69) is 0 Å². The predicted octanol–water partition coefficient (Wildman–Crippen LogP) is 3.82. The van der Waals surface area contributed by atoms with Crippen molar-refractivity contribution in [2.75, 3.05) is 12.5 Å². The second-order valence-electron chi connectivity index (χ2n) is 8.57. The molecule has 0 heterocycles. The number of hydrogen-bond acceptors (Lipinski definition) is 11. The van der Waals surface area contributed by atoms with Crippen molar-refractivity contribution in [3.8, 4) is 23.0 Å². The largest absolute Gasteiger partial charge is 0.457 e. The van der Waals surface area contributed by atoms with Crippen molar-refractivity contribution in [2.45, 2.75) is 19.6 Å². The van der Waals surface area contributed by atoms with Gasteiger partial charge in [0, 0.05) is 0 Å². The van der Waals surface area contributed by atoms with Gasteiger partial charge in [-0.25, -0.2) is 16.8 Å². The van der Waals surface area contributed by atoms with Gasteiger partial charge in [0.15, 0.2) is 0 Å². The van der Waals surface area contributed by atoms with Gasteiger partial charge in [0.05, 0.1) is 32.1 Å². The zero-order chi connectivity index (χ0) is 30.1. The molecule has 0 aromatic heterocycles. The monoisotopic (exact) mass is 638 g/mol. The Kier molecular flexibility index (Phi) is 8.18. The van der Waals surface area contributed by atoms with Crippen molar-refractivity contribution in [1.82, 2.24) is 0 Å². The molecular formula is C26H22O11S4. The Bertz CT molecular complexity index is 2000. The molecule has 4 rings (SSSR count). The smallest absolute Gasteiger partial charge is 0.306 e. The second kappa shape index (κ2) is 11.2. The van der Waals surface area contributed by atoms with Crippen LogP contribution in [0.1, 0.15) is 0 Å². The van der Waals surface area contributed by atoms with Gasteiger partial charge < -0.3 is 13.1 Å². The lowest BCUT2D eigenvalue weighted by molar-refractivity contribution is 0.480. The molecule has 0 aliphatic carbocycles. The minimum Gasteiger partial charge on any atom is -0.457 e. The second-order valence-corrected chi connectivity index (χ2v) is 15.6. The third-order valence-electron chi connectivity index (χ3n) is 5.25. The average molecular weight is 639 g/mol. The molecular weight excluding hydrogens is 617 g/mol. The number of ether oxygens (including phenoxy) is 1. The van der Waals surface area contributed by atoms with Crippen LogP contribution >= 0.6 is 0 Å². The summed E-state index contributed by atoms with van der Waals surface area (Å²) in [6.07, 6.45) is 1.74. The number of rotatable bonds is 10. The Morgan fingerprint density at radius 1 is 0.415 bits per heavy atom. The van der Waals surface area contributed by atoms with Crippen molar-refractivity contribution in [1.29, 1.82) is 0 Å². The first kappa shape index (κ1) is 30.0. The summed E-state index contributed by atoms with van der Waals surface area (Å²) in [5.74, 6) is 0.335. The first-order valence-corrected chi connectivity index (χ1v) is 18.0. The van der Waals surface area contributed by atoms with E-state index in [1.807, 2.05) is 0 Å². The molecule has 4 aromatic carbocycles. The topological polar surface area (TPSA) is 164 Å². The van der Waals surface area contributed by atoms with Gasteiger partial charge in [0.1, 0.15) is 23.0 Å². The van der Waals surface area contributed by atoms with Crippen LogP contribution in [0, 0.1) is 0 Å². The normalized spacial score (nSPS) is 12.4. The molecule has 15 heteroatoms. The summed E-state index contributed by atoms with van der Waals surface area (Å²) >= 11 is 0. The lowest BCUT2D eigenvalue weighted by atomic mass is 10.3. The van der Waals surface area contributed by atoms with E-state index >= 15 is 0 Å². The van der Waals surface area contributed by atoms with Crippen molar-refractivity contribution < 1.29 is 46.8 Å². The Morgan fingerprint density at radius 3 is 1.17 bits per heavy atom. The van der Waals surface area contributed by atoms with Crippen molar-refractivity contribution in [3.63, 3.8) is 0 Å². The van der Waals surface area contributed by atoms with Crippen LogP contribution in [0.25, 0.3) is 0 Å². The lowest BCUT2D eigenvalue weighted by Crippen LogP contribution is -2.06. The maximum Gasteiger partial charge on any atom is 0.306 e. The van der Waals surface area contributed by atoms with Gasteiger partial charge in [-0.05, 0) is 91.0 Å². The predicted molar refractivity (Wildman–Crippen MR) is 148 cm³/mol. The molecule has 0 spiro atoms. The molecule has 0 saturated carbocycles. The Labute approximate surface area is 238 Å². The summed E-state index contributed by atoms with van der Waals surface area (Å²) in [5, 5.41) is 0. The standard InChI is InChI=1S/C26H22O11S4/c1-38(27,28)36-20-8-14-24(15-9-20)40(31,32)23-12-6-19(7-13-23)35-22-4-3-5-26(18-22)41(33,34)25-16-10-21(11-17-25)37-39(2,29)30/h3-18H,1-2H3. The van der Waals surface area contributed by atoms with Crippen LogP contribution in [0.2, 0.25) is 0 Å². The van der Waals surface area contributed by atoms with Crippen LogP contribution < -0.4 is 13.1 Å². The Hall–Kier alpha value is -3.92. The number of hydrogen-bond donors (Lipinski definition) is 0. The summed E-state index contributed by atoms with van der Waals surface area (Å²) < 4.78 is 112. The molecule has 11 nitrogen and oxygen atoms in total. The van der Waals surface area contributed by atoms with Gasteiger partial charge in [-0.2, -0.15) is 16.8 Å². The van der Waals surface area contributed by atoms with Crippen LogP contribution in [0.4, 0.5) is 0 Å². The zero-order valence-electron chi connectivity index (χ0n) is 21.4. The van der Waals surface area contributed by atoms with Crippen LogP contribution in [-0.2, 0) is 39.9 Å². The van der Waals surface area contributed by atoms with Crippen molar-refractivity contribution in [2.24, 2.45) is 0 Å². The molecule has 0 fully saturated rings. The molecule has 0 radical (unpaired) electrons. The molecule has 0 aliphatic heterocycles. The van der Waals surface area contributed by atoms with Crippen molar-refractivity contribution in [3.05, 3.63) is 97.1 Å². The molecule has 41 heavy (non-hydrogen) atoms. The maximum absolute atomic E-state index is 13.1. The summed E-state index contributed by atoms with van der Waals surface area (Å²) in [6, 6.07) is 20.8. The highest BCUT2D eigenvalue weighted by molar-refractivity contribution is 7.91. The fourth-order valence-corrected chi connectivity index (χ4v) is 6.98. The van der Waals surface area contributed by atoms with Gasteiger partial charge in [-0.3, -0.25) is 0 Å². The van der Waals surface area contributed by atoms with Crippen LogP contribution in [0.15, 0.2) is 117 Å². The van der Waals surface area contributed by atoms with Gasteiger partial charge in [-0.15, -0.1) is 0 Å². The minimum atomic E-state index is -3.99. The third-order valence-corrected chi connectivity index (χ3v) is 9.79. The molecule has 0 N–H and O–H groups in total. The van der Waals surface area contributed by atoms with Gasteiger partial charge in [0.25, 0.3) is 0 Å². The van der Waals surface area contributed by atoms with Gasteiger partial charge >= 0.3 is 20.2 Å². The highest BCUT2D eigenvalue weighted by atomic mass is 32.2. The van der Waals surface area contributed by atoms with E-state index in [-0.39, 0.29) is 42.6 Å². The summed E-state index contributed by atoms with van der Waals surface area (Å²) in [4.78, 5) is -0.322. The molecule has 0 bridgehead atoms. The first-order valence-electron chi connectivity index (χ1n) is 11.4. The Balaban J connectivity index is 1.50. The van der Waals surface area contributed by atoms with E-state index in [4.69, 9.17) is 13.1 Å². The highest BCUT2D eigenvalue weighted by Gasteiger charge is 2.20. The van der Waals surface area contributed by atoms with E-state index in [1.54, 1.807) is 0 Å². The summed E-state index contributed by atoms with van der Waals surface area (Å²) in [6.45, 7) is 0. The molecule has 0 aliphatic rings. The number of sulfone groups is 2. The average Bonchev–Trinajstić information content (AvgIpc) is 2.88. The van der Waals surface area contributed by atoms with Crippen LogP contribution in [-0.4, -0.2) is 46.2 Å². The van der Waals surface area contributed by atoms with E-state index in [0.29, 0.717) is 0 Å². The van der Waals surface area contributed by atoms with Crippen LogP contribution in [0.5, 0.6) is 23.0 Å². The molecule has 4 aromatic rings. The fraction of sp³-hybridized carbons (Fsp3) is 0.0769. The Morgan fingerprint density at radius 2 is 0.780 bits per heavy atom. The maximum atomic E-state index is 13.1. The summed E-state index contributed by atoms with van der Waals surface area (Å²) in [5.41, 5.74) is 0. The van der Waals surface area contributed by atoms with Gasteiger partial charge in [-0.1, -0.05) is 6.07 Å². The molecule has 0 unspecified atom stereocenters. The van der Waals surface area contributed by atoms with Crippen molar-refractivity contribution >= 4 is 39.9 Å². The van der Waals surface area contributed by atoms with E-state index in [0.717, 1.165) is 12.5 Å². The lowest BCUT2D eigenvalue weighted by Gasteiger charge is -2.10. The molecule has 0 saturated heterocycles. The highest BCUT2D eigenvalue weighted by Crippen LogP contribution is 2.30.